The number of amides is 1. The molecule has 5 heteroatoms. The van der Waals surface area contributed by atoms with Crippen LogP contribution in [0.3, 0.4) is 0 Å². The molecule has 1 amide bonds. The number of H-pyrrole nitrogens is 1. The number of aryl methyl sites for hydroxylation is 1. The average molecular weight is 308 g/mol. The lowest BCUT2D eigenvalue weighted by molar-refractivity contribution is -0.122. The van der Waals surface area contributed by atoms with Gasteiger partial charge in [-0.05, 0) is 43.9 Å². The minimum absolute atomic E-state index is 0. The average Bonchev–Trinajstić information content (AvgIpc) is 3.13. The van der Waals surface area contributed by atoms with Crippen molar-refractivity contribution in [1.29, 1.82) is 0 Å². The third kappa shape index (κ3) is 3.77. The zero-order chi connectivity index (χ0) is 13.8. The molecule has 3 N–H and O–H groups in total. The Morgan fingerprint density at radius 1 is 1.33 bits per heavy atom. The maximum absolute atomic E-state index is 11.8. The van der Waals surface area contributed by atoms with E-state index in [1.54, 1.807) is 0 Å². The van der Waals surface area contributed by atoms with Crippen LogP contribution < -0.4 is 10.6 Å². The molecule has 1 aromatic carbocycles. The third-order valence-electron chi connectivity index (χ3n) is 3.97. The molecule has 1 aliphatic heterocycles. The highest BCUT2D eigenvalue weighted by Gasteiger charge is 2.21. The van der Waals surface area contributed by atoms with Gasteiger partial charge in [-0.2, -0.15) is 0 Å². The van der Waals surface area contributed by atoms with E-state index in [0.717, 1.165) is 38.8 Å². The first-order valence-electron chi connectivity index (χ1n) is 7.41. The first kappa shape index (κ1) is 15.9. The van der Waals surface area contributed by atoms with Gasteiger partial charge in [0.25, 0.3) is 0 Å². The number of rotatable bonds is 5. The van der Waals surface area contributed by atoms with Crippen LogP contribution in [-0.4, -0.2) is 30.0 Å². The van der Waals surface area contributed by atoms with E-state index in [-0.39, 0.29) is 24.4 Å². The third-order valence-corrected chi connectivity index (χ3v) is 3.97. The molecule has 0 bridgehead atoms. The minimum Gasteiger partial charge on any atom is -0.361 e. The van der Waals surface area contributed by atoms with Gasteiger partial charge in [0.15, 0.2) is 0 Å². The van der Waals surface area contributed by atoms with Gasteiger partial charge >= 0.3 is 0 Å². The smallest absolute Gasteiger partial charge is 0.237 e. The lowest BCUT2D eigenvalue weighted by Gasteiger charge is -2.10. The fourth-order valence-electron chi connectivity index (χ4n) is 2.86. The van der Waals surface area contributed by atoms with Gasteiger partial charge in [0.05, 0.1) is 6.04 Å². The van der Waals surface area contributed by atoms with E-state index in [4.69, 9.17) is 0 Å². The Bertz CT molecular complexity index is 590. The molecule has 0 radical (unpaired) electrons. The molecule has 1 atom stereocenters. The van der Waals surface area contributed by atoms with Crippen molar-refractivity contribution < 1.29 is 4.79 Å². The zero-order valence-corrected chi connectivity index (χ0v) is 12.8. The second kappa shape index (κ2) is 7.48. The summed E-state index contributed by atoms with van der Waals surface area (Å²) in [7, 11) is 0. The van der Waals surface area contributed by atoms with Crippen molar-refractivity contribution >= 4 is 29.2 Å². The summed E-state index contributed by atoms with van der Waals surface area (Å²) in [6.45, 7) is 1.71. The van der Waals surface area contributed by atoms with Gasteiger partial charge in [-0.15, -0.1) is 12.4 Å². The Labute approximate surface area is 131 Å². The Hall–Kier alpha value is -1.52. The Balaban J connectivity index is 0.00000161. The molecule has 0 saturated carbocycles. The van der Waals surface area contributed by atoms with Crippen LogP contribution in [0, 0.1) is 0 Å². The van der Waals surface area contributed by atoms with Crippen molar-refractivity contribution in [1.82, 2.24) is 15.6 Å². The standard InChI is InChI=1S/C16H21N3O.ClH/c20-16(15-8-4-9-17-15)18-10-3-5-12-11-19-14-7-2-1-6-13(12)14;/h1-2,6-7,11,15,17,19H,3-5,8-10H2,(H,18,20);1H. The maximum atomic E-state index is 11.8. The normalized spacial score (nSPS) is 17.6. The Morgan fingerprint density at radius 3 is 3.00 bits per heavy atom. The van der Waals surface area contributed by atoms with Gasteiger partial charge in [0, 0.05) is 23.6 Å². The number of para-hydroxylation sites is 1. The molecule has 1 aliphatic rings. The summed E-state index contributed by atoms with van der Waals surface area (Å²) in [6.07, 6.45) is 6.11. The molecule has 1 fully saturated rings. The second-order valence-electron chi connectivity index (χ2n) is 5.40. The number of halogens is 1. The van der Waals surface area contributed by atoms with E-state index in [9.17, 15) is 4.79 Å². The molecular weight excluding hydrogens is 286 g/mol. The quantitative estimate of drug-likeness (QED) is 0.743. The summed E-state index contributed by atoms with van der Waals surface area (Å²) in [5, 5.41) is 7.53. The van der Waals surface area contributed by atoms with Crippen LogP contribution >= 0.6 is 12.4 Å². The minimum atomic E-state index is 0. The van der Waals surface area contributed by atoms with E-state index in [2.05, 4.69) is 40.0 Å². The van der Waals surface area contributed by atoms with Crippen LogP contribution in [0.4, 0.5) is 0 Å². The van der Waals surface area contributed by atoms with E-state index in [1.165, 1.54) is 16.5 Å². The van der Waals surface area contributed by atoms with E-state index in [0.29, 0.717) is 0 Å². The Morgan fingerprint density at radius 2 is 2.19 bits per heavy atom. The van der Waals surface area contributed by atoms with Gasteiger partial charge in [-0.1, -0.05) is 18.2 Å². The largest absolute Gasteiger partial charge is 0.361 e. The van der Waals surface area contributed by atoms with Crippen LogP contribution in [0.15, 0.2) is 30.5 Å². The predicted octanol–water partition coefficient (Wildman–Crippen LogP) is 2.39. The summed E-state index contributed by atoms with van der Waals surface area (Å²) < 4.78 is 0. The van der Waals surface area contributed by atoms with Gasteiger partial charge in [0.2, 0.25) is 5.91 Å². The molecular formula is C16H22ClN3O. The molecule has 0 aliphatic carbocycles. The number of fused-ring (bicyclic) bond motifs is 1. The predicted molar refractivity (Wildman–Crippen MR) is 87.9 cm³/mol. The molecule has 21 heavy (non-hydrogen) atoms. The topological polar surface area (TPSA) is 56.9 Å². The number of aromatic nitrogens is 1. The fraction of sp³-hybridized carbons (Fsp3) is 0.438. The van der Waals surface area contributed by atoms with Crippen LogP contribution in [0.25, 0.3) is 10.9 Å². The zero-order valence-electron chi connectivity index (χ0n) is 12.0. The molecule has 1 aromatic heterocycles. The number of aromatic amines is 1. The first-order valence-corrected chi connectivity index (χ1v) is 7.41. The molecule has 114 valence electrons. The van der Waals surface area contributed by atoms with Crippen LogP contribution in [0.5, 0.6) is 0 Å². The lowest BCUT2D eigenvalue weighted by Crippen LogP contribution is -2.40. The first-order chi connectivity index (χ1) is 9.84. The number of carbonyl (C=O) groups is 1. The SMILES string of the molecule is Cl.O=C(NCCCc1c[nH]c2ccccc12)C1CCCN1. The van der Waals surface area contributed by atoms with Crippen LogP contribution in [0.1, 0.15) is 24.8 Å². The molecule has 2 aromatic rings. The van der Waals surface area contributed by atoms with Crippen molar-refractivity contribution in [3.63, 3.8) is 0 Å². The molecule has 0 spiro atoms. The van der Waals surface area contributed by atoms with Gasteiger partial charge in [-0.3, -0.25) is 4.79 Å². The summed E-state index contributed by atoms with van der Waals surface area (Å²) in [4.78, 5) is 15.1. The van der Waals surface area contributed by atoms with E-state index < -0.39 is 0 Å². The second-order valence-corrected chi connectivity index (χ2v) is 5.40. The molecule has 3 rings (SSSR count). The number of carbonyl (C=O) groups excluding carboxylic acids is 1. The van der Waals surface area contributed by atoms with Gasteiger partial charge in [0.1, 0.15) is 0 Å². The summed E-state index contributed by atoms with van der Waals surface area (Å²) in [5.41, 5.74) is 2.51. The summed E-state index contributed by atoms with van der Waals surface area (Å²) in [6, 6.07) is 8.36. The van der Waals surface area contributed by atoms with Gasteiger partial charge < -0.3 is 15.6 Å². The fourth-order valence-corrected chi connectivity index (χ4v) is 2.86. The number of benzene rings is 1. The van der Waals surface area contributed by atoms with Crippen molar-refractivity contribution in [2.24, 2.45) is 0 Å². The van der Waals surface area contributed by atoms with E-state index >= 15 is 0 Å². The maximum Gasteiger partial charge on any atom is 0.237 e. The highest BCUT2D eigenvalue weighted by Crippen LogP contribution is 2.18. The summed E-state index contributed by atoms with van der Waals surface area (Å²) >= 11 is 0. The number of hydrogen-bond donors (Lipinski definition) is 3. The van der Waals surface area contributed by atoms with Crippen LogP contribution in [-0.2, 0) is 11.2 Å². The molecule has 1 saturated heterocycles. The van der Waals surface area contributed by atoms with Gasteiger partial charge in [-0.25, -0.2) is 0 Å². The lowest BCUT2D eigenvalue weighted by atomic mass is 10.1. The van der Waals surface area contributed by atoms with E-state index in [1.807, 2.05) is 6.07 Å². The van der Waals surface area contributed by atoms with Crippen molar-refractivity contribution in [3.05, 3.63) is 36.0 Å². The highest BCUT2D eigenvalue weighted by molar-refractivity contribution is 5.85. The van der Waals surface area contributed by atoms with Crippen molar-refractivity contribution in [2.75, 3.05) is 13.1 Å². The van der Waals surface area contributed by atoms with Crippen molar-refractivity contribution in [3.8, 4) is 0 Å². The highest BCUT2D eigenvalue weighted by atomic mass is 35.5. The summed E-state index contributed by atoms with van der Waals surface area (Å²) in [5.74, 6) is 0.154. The molecule has 4 nitrogen and oxygen atoms in total. The monoisotopic (exact) mass is 307 g/mol. The Kier molecular flexibility index (Phi) is 5.65. The number of nitrogens with one attached hydrogen (secondary N) is 3. The van der Waals surface area contributed by atoms with Crippen LogP contribution in [0.2, 0.25) is 0 Å². The van der Waals surface area contributed by atoms with Crippen molar-refractivity contribution in [2.45, 2.75) is 31.7 Å². The molecule has 1 unspecified atom stereocenters. The molecule has 2 heterocycles. The number of hydrogen-bond acceptors (Lipinski definition) is 2.